The van der Waals surface area contributed by atoms with E-state index in [2.05, 4.69) is 43.4 Å². The third-order valence-corrected chi connectivity index (χ3v) is 6.40. The van der Waals surface area contributed by atoms with Gasteiger partial charge in [0.25, 0.3) is 0 Å². The number of anilines is 1. The van der Waals surface area contributed by atoms with E-state index in [0.717, 1.165) is 53.3 Å². The molecule has 0 saturated carbocycles. The van der Waals surface area contributed by atoms with Gasteiger partial charge >= 0.3 is 6.09 Å². The predicted octanol–water partition coefficient (Wildman–Crippen LogP) is 5.50. The molecule has 1 amide bonds. The van der Waals surface area contributed by atoms with Gasteiger partial charge < -0.3 is 14.5 Å². The number of amides is 1. The van der Waals surface area contributed by atoms with E-state index in [0.29, 0.717) is 17.5 Å². The number of hydrogen-bond donors (Lipinski definition) is 2. The molecule has 1 aromatic carbocycles. The summed E-state index contributed by atoms with van der Waals surface area (Å²) < 4.78 is 10.4. The van der Waals surface area contributed by atoms with Gasteiger partial charge in [0.15, 0.2) is 0 Å². The first kappa shape index (κ1) is 26.2. The van der Waals surface area contributed by atoms with Gasteiger partial charge in [0, 0.05) is 43.2 Å². The van der Waals surface area contributed by atoms with Crippen LogP contribution in [0.3, 0.4) is 0 Å². The van der Waals surface area contributed by atoms with Crippen molar-refractivity contribution in [2.24, 2.45) is 0 Å². The number of hydrogen-bond acceptors (Lipinski definition) is 7. The maximum Gasteiger partial charge on any atom is 0.413 e. The van der Waals surface area contributed by atoms with Crippen molar-refractivity contribution in [3.05, 3.63) is 60.6 Å². The molecule has 4 aromatic rings. The Labute approximate surface area is 217 Å². The van der Waals surface area contributed by atoms with Crippen molar-refractivity contribution in [3.63, 3.8) is 0 Å². The molecule has 3 aromatic heterocycles. The minimum atomic E-state index is -0.554. The van der Waals surface area contributed by atoms with Gasteiger partial charge in [-0.05, 0) is 62.2 Å². The molecule has 1 aliphatic rings. The monoisotopic (exact) mass is 502 g/mol. The fourth-order valence-corrected chi connectivity index (χ4v) is 4.71. The summed E-state index contributed by atoms with van der Waals surface area (Å²) >= 11 is 0. The maximum absolute atomic E-state index is 11.9. The third kappa shape index (κ3) is 5.95. The first-order chi connectivity index (χ1) is 17.6. The Morgan fingerprint density at radius 2 is 2.08 bits per heavy atom. The quantitative estimate of drug-likeness (QED) is 0.328. The summed E-state index contributed by atoms with van der Waals surface area (Å²) in [6.45, 7) is 4.68. The molecule has 9 heteroatoms. The molecule has 1 atom stereocenters. The van der Waals surface area contributed by atoms with Gasteiger partial charge in [-0.1, -0.05) is 19.6 Å². The van der Waals surface area contributed by atoms with Crippen LogP contribution in [-0.4, -0.2) is 63.8 Å². The summed E-state index contributed by atoms with van der Waals surface area (Å²) in [4.78, 5) is 31.5. The van der Waals surface area contributed by atoms with E-state index in [1.165, 1.54) is 12.8 Å². The molecule has 194 valence electrons. The van der Waals surface area contributed by atoms with E-state index < -0.39 is 6.09 Å². The summed E-state index contributed by atoms with van der Waals surface area (Å²) in [5.74, 6) is 0.322. The van der Waals surface area contributed by atoms with Crippen LogP contribution in [0.2, 0.25) is 0 Å². The number of methoxy groups -OCH3 is 1. The number of fused-ring (bicyclic) bond motifs is 1. The Bertz CT molecular complexity index is 1320. The first-order valence-electron chi connectivity index (χ1n) is 12.2. The Kier molecular flexibility index (Phi) is 8.47. The predicted molar refractivity (Wildman–Crippen MR) is 145 cm³/mol. The Hall–Kier alpha value is -3.82. The molecule has 4 heterocycles. The number of pyridine rings is 2. The van der Waals surface area contributed by atoms with Crippen molar-refractivity contribution in [1.82, 2.24) is 24.8 Å². The second kappa shape index (κ2) is 11.9. The van der Waals surface area contributed by atoms with E-state index in [9.17, 15) is 4.79 Å². The Balaban J connectivity index is 0.00000320. The molecule has 2 N–H and O–H groups in total. The largest absolute Gasteiger partial charge is 0.450 e. The van der Waals surface area contributed by atoms with Gasteiger partial charge in [0.2, 0.25) is 5.95 Å². The van der Waals surface area contributed by atoms with Crippen molar-refractivity contribution < 1.29 is 14.3 Å². The highest BCUT2D eigenvalue weighted by atomic mass is 16.5. The SMILES string of the molecule is C.CCOC(=O)Nc1nc2c(-c3ccccn3)cc(-c3ccc(CN4CCC[C@H]4COC)nc3)cc2[nH]1. The number of ether oxygens (including phenoxy) is 2. The van der Waals surface area contributed by atoms with Crippen LogP contribution in [0, 0.1) is 0 Å². The van der Waals surface area contributed by atoms with Crippen molar-refractivity contribution in [2.45, 2.75) is 39.8 Å². The zero-order valence-electron chi connectivity index (χ0n) is 20.5. The molecule has 0 unspecified atom stereocenters. The summed E-state index contributed by atoms with van der Waals surface area (Å²) in [6.07, 6.45) is 5.47. The van der Waals surface area contributed by atoms with Crippen LogP contribution in [0.4, 0.5) is 10.7 Å². The summed E-state index contributed by atoms with van der Waals surface area (Å²) in [5.41, 5.74) is 6.15. The van der Waals surface area contributed by atoms with Crippen molar-refractivity contribution >= 4 is 23.1 Å². The zero-order chi connectivity index (χ0) is 24.9. The lowest BCUT2D eigenvalue weighted by Crippen LogP contribution is -2.32. The summed E-state index contributed by atoms with van der Waals surface area (Å²) in [5, 5.41) is 2.65. The van der Waals surface area contributed by atoms with Crippen LogP contribution in [0.25, 0.3) is 33.4 Å². The number of aromatic nitrogens is 4. The highest BCUT2D eigenvalue weighted by Gasteiger charge is 2.24. The molecule has 0 radical (unpaired) electrons. The fourth-order valence-electron chi connectivity index (χ4n) is 4.71. The van der Waals surface area contributed by atoms with E-state index in [-0.39, 0.29) is 14.0 Å². The van der Waals surface area contributed by atoms with E-state index >= 15 is 0 Å². The average molecular weight is 503 g/mol. The van der Waals surface area contributed by atoms with Gasteiger partial charge in [-0.2, -0.15) is 0 Å². The van der Waals surface area contributed by atoms with Crippen LogP contribution in [0.15, 0.2) is 54.9 Å². The second-order valence-corrected chi connectivity index (χ2v) is 8.83. The lowest BCUT2D eigenvalue weighted by molar-refractivity contribution is 0.111. The fraction of sp³-hybridized carbons (Fsp3) is 0.357. The molecule has 0 aliphatic carbocycles. The molecule has 37 heavy (non-hydrogen) atoms. The first-order valence-corrected chi connectivity index (χ1v) is 12.2. The normalized spacial score (nSPS) is 15.5. The number of likely N-dealkylation sites (tertiary alicyclic amines) is 1. The van der Waals surface area contributed by atoms with Crippen LogP contribution in [0.5, 0.6) is 0 Å². The topological polar surface area (TPSA) is 105 Å². The van der Waals surface area contributed by atoms with Gasteiger partial charge in [0.05, 0.1) is 35.6 Å². The van der Waals surface area contributed by atoms with E-state index in [1.807, 2.05) is 30.5 Å². The van der Waals surface area contributed by atoms with Gasteiger partial charge in [0.1, 0.15) is 0 Å². The van der Waals surface area contributed by atoms with E-state index in [1.54, 1.807) is 20.2 Å². The van der Waals surface area contributed by atoms with Crippen LogP contribution < -0.4 is 5.32 Å². The number of imidazole rings is 1. The molecular weight excluding hydrogens is 468 g/mol. The maximum atomic E-state index is 11.9. The van der Waals surface area contributed by atoms with Gasteiger partial charge in [-0.15, -0.1) is 0 Å². The smallest absolute Gasteiger partial charge is 0.413 e. The van der Waals surface area contributed by atoms with Crippen LogP contribution >= 0.6 is 0 Å². The lowest BCUT2D eigenvalue weighted by atomic mass is 10.0. The highest BCUT2D eigenvalue weighted by Crippen LogP contribution is 2.33. The number of benzene rings is 1. The molecule has 5 rings (SSSR count). The van der Waals surface area contributed by atoms with Gasteiger partial charge in [-0.3, -0.25) is 20.2 Å². The summed E-state index contributed by atoms with van der Waals surface area (Å²) in [7, 11) is 1.76. The molecule has 0 spiro atoms. The van der Waals surface area contributed by atoms with Crippen molar-refractivity contribution in [3.8, 4) is 22.4 Å². The molecular formula is C28H34N6O3. The summed E-state index contributed by atoms with van der Waals surface area (Å²) in [6, 6.07) is 14.5. The molecule has 1 fully saturated rings. The molecule has 1 saturated heterocycles. The number of rotatable bonds is 8. The Morgan fingerprint density at radius 1 is 1.19 bits per heavy atom. The number of carbonyl (C=O) groups is 1. The number of nitrogens with zero attached hydrogens (tertiary/aromatic N) is 4. The van der Waals surface area contributed by atoms with Crippen molar-refractivity contribution in [1.29, 1.82) is 0 Å². The Morgan fingerprint density at radius 3 is 2.81 bits per heavy atom. The number of aromatic amines is 1. The molecule has 1 aliphatic heterocycles. The van der Waals surface area contributed by atoms with Gasteiger partial charge in [-0.25, -0.2) is 9.78 Å². The minimum absolute atomic E-state index is 0. The van der Waals surface area contributed by atoms with E-state index in [4.69, 9.17) is 14.5 Å². The number of H-pyrrole nitrogens is 1. The molecule has 0 bridgehead atoms. The zero-order valence-corrected chi connectivity index (χ0v) is 20.5. The number of nitrogens with one attached hydrogen (secondary N) is 2. The number of carbonyl (C=O) groups excluding carboxylic acids is 1. The lowest BCUT2D eigenvalue weighted by Gasteiger charge is -2.23. The standard InChI is InChI=1S/C27H30N6O3.CH4/c1-3-36-27(34)32-26-30-24-14-19(13-22(25(24)31-26)23-8-4-5-11-28-23)18-9-10-20(29-15-18)16-33-12-6-7-21(33)17-35-2;/h4-5,8-11,13-15,21H,3,6-7,12,16-17H2,1-2H3,(H2,30,31,32,34);1H4/t21-;/m0./s1. The van der Waals surface area contributed by atoms with Crippen LogP contribution in [0.1, 0.15) is 32.9 Å². The molecule has 9 nitrogen and oxygen atoms in total. The third-order valence-electron chi connectivity index (χ3n) is 6.40. The average Bonchev–Trinajstić information content (AvgIpc) is 3.51. The van der Waals surface area contributed by atoms with Crippen LogP contribution in [-0.2, 0) is 16.0 Å². The second-order valence-electron chi connectivity index (χ2n) is 8.83. The minimum Gasteiger partial charge on any atom is -0.450 e. The van der Waals surface area contributed by atoms with Crippen molar-refractivity contribution in [2.75, 3.05) is 32.2 Å². The highest BCUT2D eigenvalue weighted by molar-refractivity contribution is 5.97.